The number of methoxy groups -OCH3 is 1. The molecule has 128 valence electrons. The molecule has 0 aliphatic carbocycles. The first-order chi connectivity index (χ1) is 11.6. The lowest BCUT2D eigenvalue weighted by molar-refractivity contribution is 0.0693. The lowest BCUT2D eigenvalue weighted by Crippen LogP contribution is -2.03. The van der Waals surface area contributed by atoms with Gasteiger partial charge in [0.25, 0.3) is 0 Å². The van der Waals surface area contributed by atoms with E-state index in [1.165, 1.54) is 18.2 Å². The van der Waals surface area contributed by atoms with Gasteiger partial charge in [-0.05, 0) is 49.2 Å². The number of aromatic carboxylic acids is 1. The molecule has 0 saturated heterocycles. The minimum Gasteiger partial charge on any atom is -0.507 e. The Morgan fingerprint density at radius 3 is 2.00 bits per heavy atom. The molecular weight excluding hydrogens is 312 g/mol. The molecule has 0 aliphatic rings. The van der Waals surface area contributed by atoms with Crippen LogP contribution in [0.2, 0.25) is 0 Å². The topological polar surface area (TPSA) is 85.2 Å². The SMILES string of the molecule is COc1ccc(OCCCCOc2ccc(C(=O)O)c(O)c2)cc1. The van der Waals surface area contributed by atoms with Gasteiger partial charge in [0.2, 0.25) is 0 Å². The predicted molar refractivity (Wildman–Crippen MR) is 88.3 cm³/mol. The summed E-state index contributed by atoms with van der Waals surface area (Å²) in [4.78, 5) is 10.8. The van der Waals surface area contributed by atoms with Crippen molar-refractivity contribution in [1.29, 1.82) is 0 Å². The van der Waals surface area contributed by atoms with E-state index in [4.69, 9.17) is 19.3 Å². The number of carboxylic acids is 1. The summed E-state index contributed by atoms with van der Waals surface area (Å²) >= 11 is 0. The fourth-order valence-corrected chi connectivity index (χ4v) is 2.04. The van der Waals surface area contributed by atoms with Gasteiger partial charge < -0.3 is 24.4 Å². The second-order valence-corrected chi connectivity index (χ2v) is 5.06. The van der Waals surface area contributed by atoms with E-state index in [2.05, 4.69) is 0 Å². The molecule has 0 saturated carbocycles. The molecule has 0 radical (unpaired) electrons. The van der Waals surface area contributed by atoms with Crippen molar-refractivity contribution in [2.24, 2.45) is 0 Å². The van der Waals surface area contributed by atoms with Crippen LogP contribution < -0.4 is 14.2 Å². The van der Waals surface area contributed by atoms with Gasteiger partial charge in [0, 0.05) is 6.07 Å². The largest absolute Gasteiger partial charge is 0.507 e. The molecule has 0 amide bonds. The van der Waals surface area contributed by atoms with E-state index in [9.17, 15) is 9.90 Å². The van der Waals surface area contributed by atoms with Gasteiger partial charge in [-0.15, -0.1) is 0 Å². The van der Waals surface area contributed by atoms with Gasteiger partial charge in [-0.2, -0.15) is 0 Å². The van der Waals surface area contributed by atoms with Crippen LogP contribution in [-0.2, 0) is 0 Å². The van der Waals surface area contributed by atoms with E-state index in [1.54, 1.807) is 7.11 Å². The van der Waals surface area contributed by atoms with Crippen LogP contribution in [0.3, 0.4) is 0 Å². The Morgan fingerprint density at radius 1 is 0.917 bits per heavy atom. The molecule has 24 heavy (non-hydrogen) atoms. The number of phenols is 1. The maximum Gasteiger partial charge on any atom is 0.339 e. The zero-order chi connectivity index (χ0) is 17.4. The lowest BCUT2D eigenvalue weighted by atomic mass is 10.2. The van der Waals surface area contributed by atoms with E-state index >= 15 is 0 Å². The van der Waals surface area contributed by atoms with Crippen molar-refractivity contribution >= 4 is 5.97 Å². The molecule has 2 N–H and O–H groups in total. The molecule has 0 spiro atoms. The highest BCUT2D eigenvalue weighted by atomic mass is 16.5. The van der Waals surface area contributed by atoms with Crippen molar-refractivity contribution in [3.8, 4) is 23.0 Å². The lowest BCUT2D eigenvalue weighted by Gasteiger charge is -2.09. The van der Waals surface area contributed by atoms with Gasteiger partial charge in [0.05, 0.1) is 20.3 Å². The maximum atomic E-state index is 10.8. The van der Waals surface area contributed by atoms with Crippen LogP contribution in [0, 0.1) is 0 Å². The van der Waals surface area contributed by atoms with Gasteiger partial charge in [0.1, 0.15) is 28.6 Å². The molecule has 0 bridgehead atoms. The van der Waals surface area contributed by atoms with Crippen LogP contribution in [0.1, 0.15) is 23.2 Å². The van der Waals surface area contributed by atoms with Crippen LogP contribution in [0.5, 0.6) is 23.0 Å². The van der Waals surface area contributed by atoms with E-state index in [0.717, 1.165) is 24.3 Å². The average Bonchev–Trinajstić information content (AvgIpc) is 2.58. The Morgan fingerprint density at radius 2 is 1.46 bits per heavy atom. The highest BCUT2D eigenvalue weighted by molar-refractivity contribution is 5.90. The Labute approximate surface area is 140 Å². The summed E-state index contributed by atoms with van der Waals surface area (Å²) in [7, 11) is 1.62. The third kappa shape index (κ3) is 5.08. The summed E-state index contributed by atoms with van der Waals surface area (Å²) in [5, 5.41) is 18.4. The van der Waals surface area contributed by atoms with Crippen LogP contribution >= 0.6 is 0 Å². The number of benzene rings is 2. The van der Waals surface area contributed by atoms with E-state index in [-0.39, 0.29) is 11.3 Å². The predicted octanol–water partition coefficient (Wildman–Crippen LogP) is 3.34. The minimum atomic E-state index is -1.17. The van der Waals surface area contributed by atoms with Gasteiger partial charge in [-0.1, -0.05) is 0 Å². The standard InChI is InChI=1S/C18H20O6/c1-22-13-4-6-14(7-5-13)23-10-2-3-11-24-15-8-9-16(18(20)21)17(19)12-15/h4-9,12,19H,2-3,10-11H2,1H3,(H,20,21). The first kappa shape index (κ1) is 17.5. The molecule has 0 aromatic heterocycles. The smallest absolute Gasteiger partial charge is 0.339 e. The van der Waals surface area contributed by atoms with Gasteiger partial charge in [0.15, 0.2) is 0 Å². The third-order valence-electron chi connectivity index (χ3n) is 3.34. The van der Waals surface area contributed by atoms with E-state index in [1.807, 2.05) is 24.3 Å². The van der Waals surface area contributed by atoms with Gasteiger partial charge in [-0.25, -0.2) is 4.79 Å². The summed E-state index contributed by atoms with van der Waals surface area (Å²) < 4.78 is 16.2. The second-order valence-electron chi connectivity index (χ2n) is 5.06. The Hall–Kier alpha value is -2.89. The molecule has 2 aromatic carbocycles. The summed E-state index contributed by atoms with van der Waals surface area (Å²) in [6.45, 7) is 1.02. The fourth-order valence-electron chi connectivity index (χ4n) is 2.04. The van der Waals surface area contributed by atoms with Crippen LogP contribution in [-0.4, -0.2) is 36.5 Å². The normalized spacial score (nSPS) is 10.2. The first-order valence-corrected chi connectivity index (χ1v) is 7.56. The average molecular weight is 332 g/mol. The maximum absolute atomic E-state index is 10.8. The molecule has 0 unspecified atom stereocenters. The van der Waals surface area contributed by atoms with Crippen LogP contribution in [0.4, 0.5) is 0 Å². The summed E-state index contributed by atoms with van der Waals surface area (Å²) in [5.74, 6) is 0.532. The molecule has 6 nitrogen and oxygen atoms in total. The number of ether oxygens (including phenoxy) is 3. The Balaban J connectivity index is 1.66. The van der Waals surface area contributed by atoms with E-state index < -0.39 is 5.97 Å². The number of rotatable bonds is 9. The van der Waals surface area contributed by atoms with Crippen LogP contribution in [0.25, 0.3) is 0 Å². The number of aromatic hydroxyl groups is 1. The summed E-state index contributed by atoms with van der Waals surface area (Å²) in [6, 6.07) is 11.5. The Kier molecular flexibility index (Phi) is 6.31. The van der Waals surface area contributed by atoms with Gasteiger partial charge in [-0.3, -0.25) is 0 Å². The zero-order valence-corrected chi connectivity index (χ0v) is 13.4. The molecule has 6 heteroatoms. The Bertz CT molecular complexity index is 666. The van der Waals surface area contributed by atoms with Crippen molar-refractivity contribution in [3.63, 3.8) is 0 Å². The summed E-state index contributed by atoms with van der Waals surface area (Å²) in [6.07, 6.45) is 1.59. The molecular formula is C18H20O6. The number of hydrogen-bond acceptors (Lipinski definition) is 5. The van der Waals surface area contributed by atoms with Crippen molar-refractivity contribution in [3.05, 3.63) is 48.0 Å². The van der Waals surface area contributed by atoms with Crippen molar-refractivity contribution < 1.29 is 29.2 Å². The van der Waals surface area contributed by atoms with Crippen molar-refractivity contribution in [2.45, 2.75) is 12.8 Å². The molecule has 0 atom stereocenters. The number of carboxylic acid groups (broad SMARTS) is 1. The fraction of sp³-hybridized carbons (Fsp3) is 0.278. The monoisotopic (exact) mass is 332 g/mol. The second kappa shape index (κ2) is 8.67. The quantitative estimate of drug-likeness (QED) is 0.685. The van der Waals surface area contributed by atoms with Gasteiger partial charge >= 0.3 is 5.97 Å². The number of unbranched alkanes of at least 4 members (excludes halogenated alkanes) is 1. The number of hydrogen-bond donors (Lipinski definition) is 2. The molecule has 0 fully saturated rings. The third-order valence-corrected chi connectivity index (χ3v) is 3.34. The highest BCUT2D eigenvalue weighted by Crippen LogP contribution is 2.23. The first-order valence-electron chi connectivity index (χ1n) is 7.56. The van der Waals surface area contributed by atoms with E-state index in [0.29, 0.717) is 19.0 Å². The number of carbonyl (C=O) groups is 1. The highest BCUT2D eigenvalue weighted by Gasteiger charge is 2.09. The van der Waals surface area contributed by atoms with Crippen molar-refractivity contribution in [1.82, 2.24) is 0 Å². The van der Waals surface area contributed by atoms with Crippen molar-refractivity contribution in [2.75, 3.05) is 20.3 Å². The minimum absolute atomic E-state index is 0.143. The summed E-state index contributed by atoms with van der Waals surface area (Å²) in [5.41, 5.74) is -0.143. The molecule has 2 aromatic rings. The molecule has 0 aliphatic heterocycles. The molecule has 2 rings (SSSR count). The zero-order valence-electron chi connectivity index (χ0n) is 13.4. The van der Waals surface area contributed by atoms with Crippen LogP contribution in [0.15, 0.2) is 42.5 Å². The molecule has 0 heterocycles.